The van der Waals surface area contributed by atoms with Crippen molar-refractivity contribution in [2.24, 2.45) is 0 Å². The Kier molecular flexibility index (Phi) is 7.03. The van der Waals surface area contributed by atoms with Crippen molar-refractivity contribution in [3.63, 3.8) is 0 Å². The van der Waals surface area contributed by atoms with Gasteiger partial charge in [-0.2, -0.15) is 0 Å². The highest BCUT2D eigenvalue weighted by Crippen LogP contribution is 2.54. The number of benzene rings is 4. The van der Waals surface area contributed by atoms with Gasteiger partial charge in [-0.15, -0.1) is 0 Å². The van der Waals surface area contributed by atoms with Gasteiger partial charge < -0.3 is 24.0 Å². The Hall–Kier alpha value is -5.14. The number of aliphatic hydroxyl groups is 1. The van der Waals surface area contributed by atoms with Gasteiger partial charge in [-0.3, -0.25) is 0 Å². The molecule has 0 spiro atoms. The predicted molar refractivity (Wildman–Crippen MR) is 167 cm³/mol. The number of β-amino-alcohol motifs (C(OH)–C–C–N with tert-alkyl or cyclic N) is 1. The van der Waals surface area contributed by atoms with E-state index in [1.54, 1.807) is 6.07 Å². The fourth-order valence-corrected chi connectivity index (χ4v) is 6.90. The Morgan fingerprint density at radius 2 is 1.43 bits per heavy atom. The molecule has 0 unspecified atom stereocenters. The van der Waals surface area contributed by atoms with Crippen molar-refractivity contribution in [1.29, 1.82) is 0 Å². The van der Waals surface area contributed by atoms with Crippen LogP contribution in [0.4, 0.5) is 5.69 Å². The van der Waals surface area contributed by atoms with Crippen LogP contribution < -0.4 is 4.90 Å². The quantitative estimate of drug-likeness (QED) is 0.240. The molecule has 5 aromatic rings. The molecule has 0 amide bonds. The van der Waals surface area contributed by atoms with Crippen LogP contribution in [0.5, 0.6) is 0 Å². The molecule has 1 N–H and O–H groups in total. The number of fused-ring (bicyclic) bond motifs is 3. The van der Waals surface area contributed by atoms with Gasteiger partial charge >= 0.3 is 11.9 Å². The number of hydrogen-bond donors (Lipinski definition) is 1. The third kappa shape index (κ3) is 4.39. The third-order valence-electron chi connectivity index (χ3n) is 8.79. The van der Waals surface area contributed by atoms with Gasteiger partial charge in [-0.25, -0.2) is 9.59 Å². The van der Waals surface area contributed by atoms with Gasteiger partial charge in [0.05, 0.1) is 18.9 Å². The zero-order valence-corrected chi connectivity index (χ0v) is 24.3. The second-order valence-corrected chi connectivity index (χ2v) is 11.3. The van der Waals surface area contributed by atoms with Crippen LogP contribution in [0.15, 0.2) is 121 Å². The fraction of sp³-hybridized carbons (Fsp3) is 0.189. The van der Waals surface area contributed by atoms with Crippen molar-refractivity contribution >= 4 is 17.6 Å². The highest BCUT2D eigenvalue weighted by Gasteiger charge is 2.48. The molecule has 2 heterocycles. The van der Waals surface area contributed by atoms with E-state index in [-0.39, 0.29) is 19.6 Å². The monoisotopic (exact) mass is 584 g/mol. The molecule has 0 saturated carbocycles. The number of aliphatic hydroxyl groups excluding tert-OH is 1. The topological polar surface area (TPSA) is 81.0 Å². The van der Waals surface area contributed by atoms with E-state index < -0.39 is 29.6 Å². The number of nitrogens with zero attached hydrogens (tertiary/aromatic N) is 2. The zero-order chi connectivity index (χ0) is 30.3. The molecule has 0 bridgehead atoms. The number of carbonyl (C=O) groups excluding carboxylic acids is 2. The molecule has 220 valence electrons. The van der Waals surface area contributed by atoms with Crippen molar-refractivity contribution in [3.05, 3.63) is 149 Å². The van der Waals surface area contributed by atoms with Gasteiger partial charge in [0.15, 0.2) is 0 Å². The fourth-order valence-electron chi connectivity index (χ4n) is 6.90. The number of rotatable bonds is 7. The molecule has 1 aliphatic heterocycles. The van der Waals surface area contributed by atoms with E-state index in [4.69, 9.17) is 9.47 Å². The van der Waals surface area contributed by atoms with Crippen LogP contribution in [0.3, 0.4) is 0 Å². The largest absolute Gasteiger partial charge is 0.467 e. The zero-order valence-electron chi connectivity index (χ0n) is 24.3. The minimum absolute atomic E-state index is 0.110. The lowest BCUT2D eigenvalue weighted by atomic mass is 9.80. The standard InChI is InChI=1S/C37H32N2O5/c1-43-35(41)33-21-28(40)23-38(33)27-20-34(36(42)44-24-25-12-4-2-5-13-25)39(22-27)37(26-14-6-3-7-15-26)31-18-10-8-16-29(31)30-17-9-11-19-32(30)37/h2-20,22,28,33,40H,21,23-24H2,1H3/t28-,33+/m1/s1. The highest BCUT2D eigenvalue weighted by atomic mass is 16.5. The van der Waals surface area contributed by atoms with E-state index in [0.717, 1.165) is 33.4 Å². The lowest BCUT2D eigenvalue weighted by Gasteiger charge is -2.36. The second-order valence-electron chi connectivity index (χ2n) is 11.3. The lowest BCUT2D eigenvalue weighted by molar-refractivity contribution is -0.142. The predicted octanol–water partition coefficient (Wildman–Crippen LogP) is 5.78. The molecule has 2 aliphatic rings. The smallest absolute Gasteiger partial charge is 0.355 e. The number of ether oxygens (including phenoxy) is 2. The normalized spacial score (nSPS) is 18.0. The van der Waals surface area contributed by atoms with Crippen LogP contribution in [-0.2, 0) is 26.4 Å². The molecular formula is C37H32N2O5. The van der Waals surface area contributed by atoms with Gasteiger partial charge in [0.1, 0.15) is 23.9 Å². The Labute approximate surface area is 255 Å². The number of anilines is 1. The van der Waals surface area contributed by atoms with E-state index in [1.807, 2.05) is 88.5 Å². The molecule has 1 saturated heterocycles. The molecule has 1 aromatic heterocycles. The van der Waals surface area contributed by atoms with Gasteiger partial charge in [-0.1, -0.05) is 109 Å². The van der Waals surface area contributed by atoms with Gasteiger partial charge in [0.2, 0.25) is 0 Å². The first kappa shape index (κ1) is 27.7. The van der Waals surface area contributed by atoms with Crippen LogP contribution in [0.25, 0.3) is 11.1 Å². The summed E-state index contributed by atoms with van der Waals surface area (Å²) in [7, 11) is 1.35. The summed E-state index contributed by atoms with van der Waals surface area (Å²) in [5.74, 6) is -0.927. The number of hydrogen-bond acceptors (Lipinski definition) is 6. The number of esters is 2. The first-order valence-electron chi connectivity index (χ1n) is 14.7. The minimum atomic E-state index is -0.924. The van der Waals surface area contributed by atoms with Crippen molar-refractivity contribution < 1.29 is 24.2 Å². The summed E-state index contributed by atoms with van der Waals surface area (Å²) in [6.45, 7) is 0.340. The molecule has 0 radical (unpaired) electrons. The molecule has 2 atom stereocenters. The Bertz CT molecular complexity index is 1790. The second kappa shape index (κ2) is 11.2. The molecule has 7 rings (SSSR count). The summed E-state index contributed by atoms with van der Waals surface area (Å²) in [5, 5.41) is 10.6. The highest BCUT2D eigenvalue weighted by molar-refractivity contribution is 5.92. The number of carbonyl (C=O) groups is 2. The maximum Gasteiger partial charge on any atom is 0.355 e. The van der Waals surface area contributed by atoms with Crippen molar-refractivity contribution in [1.82, 2.24) is 4.57 Å². The van der Waals surface area contributed by atoms with Crippen molar-refractivity contribution in [2.45, 2.75) is 30.7 Å². The Morgan fingerprint density at radius 1 is 0.841 bits per heavy atom. The van der Waals surface area contributed by atoms with Crippen LogP contribution in [0.1, 0.15) is 39.2 Å². The van der Waals surface area contributed by atoms with E-state index in [9.17, 15) is 14.7 Å². The average molecular weight is 585 g/mol. The number of aromatic nitrogens is 1. The first-order valence-corrected chi connectivity index (χ1v) is 14.7. The van der Waals surface area contributed by atoms with Crippen LogP contribution in [0, 0.1) is 0 Å². The molecule has 1 fully saturated rings. The summed E-state index contributed by atoms with van der Waals surface area (Å²) < 4.78 is 13.0. The maximum absolute atomic E-state index is 14.2. The molecule has 7 nitrogen and oxygen atoms in total. The number of methoxy groups -OCH3 is 1. The molecular weight excluding hydrogens is 552 g/mol. The van der Waals surface area contributed by atoms with E-state index >= 15 is 0 Å². The summed E-state index contributed by atoms with van der Waals surface area (Å²) in [5.41, 5.74) is 6.09. The summed E-state index contributed by atoms with van der Waals surface area (Å²) in [6, 6.07) is 37.3. The van der Waals surface area contributed by atoms with Crippen molar-refractivity contribution in [3.8, 4) is 11.1 Å². The summed E-state index contributed by atoms with van der Waals surface area (Å²) >= 11 is 0. The Morgan fingerprint density at radius 3 is 2.07 bits per heavy atom. The van der Waals surface area contributed by atoms with Crippen LogP contribution in [-0.4, -0.2) is 47.4 Å². The third-order valence-corrected chi connectivity index (χ3v) is 8.79. The van der Waals surface area contributed by atoms with Gasteiger partial charge in [-0.05, 0) is 39.4 Å². The molecule has 7 heteroatoms. The summed E-state index contributed by atoms with van der Waals surface area (Å²) in [6.07, 6.45) is 1.44. The molecule has 4 aromatic carbocycles. The molecule has 44 heavy (non-hydrogen) atoms. The maximum atomic E-state index is 14.2. The van der Waals surface area contributed by atoms with Crippen LogP contribution >= 0.6 is 0 Å². The van der Waals surface area contributed by atoms with E-state index in [0.29, 0.717) is 11.4 Å². The molecule has 1 aliphatic carbocycles. The van der Waals surface area contributed by atoms with Gasteiger partial charge in [0.25, 0.3) is 0 Å². The lowest BCUT2D eigenvalue weighted by Crippen LogP contribution is -2.38. The summed E-state index contributed by atoms with van der Waals surface area (Å²) in [4.78, 5) is 28.8. The van der Waals surface area contributed by atoms with Gasteiger partial charge in [0, 0.05) is 19.2 Å². The SMILES string of the molecule is COC(=O)[C@@H]1C[C@@H](O)CN1c1cc(C(=O)OCc2ccccc2)n(C2(c3ccccc3)c3ccccc3-c3ccccc32)c1. The average Bonchev–Trinajstić information content (AvgIpc) is 3.77. The van der Waals surface area contributed by atoms with Crippen molar-refractivity contribution in [2.75, 3.05) is 18.6 Å². The minimum Gasteiger partial charge on any atom is -0.467 e. The Balaban J connectivity index is 1.47. The van der Waals surface area contributed by atoms with Crippen LogP contribution in [0.2, 0.25) is 0 Å². The van der Waals surface area contributed by atoms with E-state index in [1.165, 1.54) is 7.11 Å². The van der Waals surface area contributed by atoms with E-state index in [2.05, 4.69) is 36.4 Å². The first-order chi connectivity index (χ1) is 21.5.